The van der Waals surface area contributed by atoms with E-state index in [1.54, 1.807) is 0 Å². The molecule has 3 aliphatic heterocycles. The molecule has 0 radical (unpaired) electrons. The summed E-state index contributed by atoms with van der Waals surface area (Å²) < 4.78 is 6.17. The summed E-state index contributed by atoms with van der Waals surface area (Å²) in [6.45, 7) is 3.19. The Balaban J connectivity index is 1.37. The summed E-state index contributed by atoms with van der Waals surface area (Å²) in [6.07, 6.45) is 0.138. The zero-order valence-corrected chi connectivity index (χ0v) is 24.9. The summed E-state index contributed by atoms with van der Waals surface area (Å²) in [5, 5.41) is 46.8. The molecule has 5 rings (SSSR count). The molecule has 0 aliphatic carbocycles. The Labute approximate surface area is 261 Å². The maximum absolute atomic E-state index is 13.4. The topological polar surface area (TPSA) is 285 Å². The summed E-state index contributed by atoms with van der Waals surface area (Å²) in [5.74, 6) is -7.83. The number of rotatable bonds is 9. The lowest BCUT2D eigenvalue weighted by atomic mass is 10.0. The van der Waals surface area contributed by atoms with Crippen LogP contribution in [0.4, 0.5) is 9.93 Å². The number of hydrogen-bond acceptors (Lipinski definition) is 15. The number of carboxylic acids is 2. The third-order valence-electron chi connectivity index (χ3n) is 7.39. The van der Waals surface area contributed by atoms with Gasteiger partial charge in [0.2, 0.25) is 11.6 Å². The molecule has 21 heteroatoms. The van der Waals surface area contributed by atoms with Gasteiger partial charge in [-0.3, -0.25) is 14.4 Å². The first-order valence-corrected chi connectivity index (χ1v) is 14.1. The number of nitrogens with two attached hydrogens (primary N) is 1. The second kappa shape index (κ2) is 11.1. The van der Waals surface area contributed by atoms with E-state index in [9.17, 15) is 49.2 Å². The van der Waals surface area contributed by atoms with E-state index in [4.69, 9.17) is 20.1 Å². The van der Waals surface area contributed by atoms with Crippen LogP contribution in [0.15, 0.2) is 22.8 Å². The molecule has 2 fully saturated rings. The van der Waals surface area contributed by atoms with Gasteiger partial charge in [0.25, 0.3) is 11.8 Å². The summed E-state index contributed by atoms with van der Waals surface area (Å²) in [6, 6.07) is -3.77. The van der Waals surface area contributed by atoms with Crippen molar-refractivity contribution in [1.82, 2.24) is 20.3 Å². The highest BCUT2D eigenvalue weighted by Crippen LogP contribution is 2.40. The van der Waals surface area contributed by atoms with Gasteiger partial charge in [0, 0.05) is 11.4 Å². The minimum Gasteiger partial charge on any atom is -0.504 e. The molecule has 244 valence electrons. The Hall–Kier alpha value is -5.57. The molecule has 0 saturated carbocycles. The predicted octanol–water partition coefficient (Wildman–Crippen LogP) is -1.59. The number of carboxylic acid groups (broad SMARTS) is 2. The SMILES string of the molecule is CC1c2cc(O)c(O)c[n+]2C(=O)N1C1CC(C(=O)O)(N2OC[C@H](NC(=O)/C(=N\OC(C)(C)C(=O)O)c3csc(N)n3)C2=O)OC1=O. The van der Waals surface area contributed by atoms with Crippen LogP contribution in [0.3, 0.4) is 0 Å². The largest absolute Gasteiger partial charge is 0.504 e. The van der Waals surface area contributed by atoms with Crippen molar-refractivity contribution >= 4 is 57.9 Å². The lowest BCUT2D eigenvalue weighted by molar-refractivity contribution is -0.573. The molecule has 3 aliphatic rings. The highest BCUT2D eigenvalue weighted by atomic mass is 32.1. The molecule has 5 heterocycles. The lowest BCUT2D eigenvalue weighted by Crippen LogP contribution is -2.57. The molecule has 7 N–H and O–H groups in total. The summed E-state index contributed by atoms with van der Waals surface area (Å²) in [7, 11) is 0. The standard InChI is InChI=1S/C25H25N7O13S/c1-9-12-4-14(33)15(34)6-30(12)23(42)31(9)13-5-25(21(40)41,44-19(13)37)32-18(36)10(7-43-32)27-17(35)16(11-8-46-22(26)28-11)29-45-24(2,3)20(38)39/h4,6,8-10,13H,5,7H2,1-3H3,(H6,26,27,28,34,35,38,39,40,41)/p+1/b29-16-/t9?,10-,13?,25?/m0/s1. The first-order chi connectivity index (χ1) is 21.5. The van der Waals surface area contributed by atoms with Crippen LogP contribution < -0.4 is 15.6 Å². The minimum atomic E-state index is -2.77. The van der Waals surface area contributed by atoms with Gasteiger partial charge in [0.15, 0.2) is 34.1 Å². The van der Waals surface area contributed by atoms with Gasteiger partial charge in [0.05, 0.1) is 6.42 Å². The fraction of sp³-hybridized carbons (Fsp3) is 0.400. The number of carbonyl (C=O) groups is 6. The number of thiazole rings is 1. The van der Waals surface area contributed by atoms with E-state index in [-0.39, 0.29) is 21.6 Å². The number of pyridine rings is 1. The average Bonchev–Trinajstić information content (AvgIpc) is 3.71. The molecule has 0 bridgehead atoms. The monoisotopic (exact) mass is 664 g/mol. The molecule has 46 heavy (non-hydrogen) atoms. The number of oxime groups is 1. The number of amides is 3. The molecule has 3 unspecified atom stereocenters. The number of nitrogen functional groups attached to an aromatic ring is 1. The summed E-state index contributed by atoms with van der Waals surface area (Å²) in [5.41, 5.74) is 0.493. The van der Waals surface area contributed by atoms with Crippen molar-refractivity contribution in [2.24, 2.45) is 5.16 Å². The Kier molecular flexibility index (Phi) is 7.68. The zero-order valence-electron chi connectivity index (χ0n) is 24.1. The van der Waals surface area contributed by atoms with E-state index in [0.717, 1.165) is 33.1 Å². The Bertz CT molecular complexity index is 1730. The number of aromatic hydroxyl groups is 2. The number of cyclic esters (lactones) is 1. The van der Waals surface area contributed by atoms with Crippen LogP contribution in [-0.4, -0.2) is 107 Å². The molecule has 0 aromatic carbocycles. The minimum absolute atomic E-state index is 0.0290. The second-order valence-corrected chi connectivity index (χ2v) is 11.7. The summed E-state index contributed by atoms with van der Waals surface area (Å²) >= 11 is 0.928. The van der Waals surface area contributed by atoms with Crippen molar-refractivity contribution < 1.29 is 68.2 Å². The van der Waals surface area contributed by atoms with Gasteiger partial charge in [-0.15, -0.1) is 11.3 Å². The van der Waals surface area contributed by atoms with E-state index in [2.05, 4.69) is 15.5 Å². The molecule has 4 atom stereocenters. The molecule has 2 saturated heterocycles. The third kappa shape index (κ3) is 5.13. The molecule has 0 spiro atoms. The number of fused-ring (bicyclic) bond motifs is 1. The van der Waals surface area contributed by atoms with Gasteiger partial charge in [-0.25, -0.2) is 24.3 Å². The van der Waals surface area contributed by atoms with Gasteiger partial charge in [-0.1, -0.05) is 5.16 Å². The number of ether oxygens (including phenoxy) is 1. The number of aliphatic carboxylic acids is 2. The predicted molar refractivity (Wildman–Crippen MR) is 146 cm³/mol. The number of esters is 1. The van der Waals surface area contributed by atoms with E-state index >= 15 is 0 Å². The van der Waals surface area contributed by atoms with Crippen molar-refractivity contribution in [1.29, 1.82) is 0 Å². The van der Waals surface area contributed by atoms with Gasteiger partial charge < -0.3 is 41.1 Å². The number of aromatic nitrogens is 2. The number of nitrogens with zero attached hydrogens (tertiary/aromatic N) is 5. The van der Waals surface area contributed by atoms with Gasteiger partial charge in [-0.2, -0.15) is 14.4 Å². The second-order valence-electron chi connectivity index (χ2n) is 10.8. The van der Waals surface area contributed by atoms with Crippen LogP contribution in [0, 0.1) is 0 Å². The first-order valence-electron chi connectivity index (χ1n) is 13.2. The number of nitrogens with one attached hydrogen (secondary N) is 1. The van der Waals surface area contributed by atoms with Crippen molar-refractivity contribution in [3.8, 4) is 11.5 Å². The molecular formula is C25H26N7O13S+. The molecular weight excluding hydrogens is 638 g/mol. The van der Waals surface area contributed by atoms with Gasteiger partial charge >= 0.3 is 29.7 Å². The van der Waals surface area contributed by atoms with Crippen LogP contribution in [0.1, 0.15) is 44.6 Å². The molecule has 2 aromatic heterocycles. The van der Waals surface area contributed by atoms with Crippen LogP contribution in [0.5, 0.6) is 11.5 Å². The number of carbonyl (C=O) groups excluding carboxylic acids is 4. The normalized spacial score (nSPS) is 24.6. The van der Waals surface area contributed by atoms with Crippen LogP contribution in [0.2, 0.25) is 0 Å². The molecule has 3 amide bonds. The molecule has 20 nitrogen and oxygen atoms in total. The number of hydroxylamine groups is 2. The smallest absolute Gasteiger partial charge is 0.499 e. The maximum atomic E-state index is 13.4. The Morgan fingerprint density at radius 3 is 2.54 bits per heavy atom. The van der Waals surface area contributed by atoms with Crippen molar-refractivity contribution in [2.75, 3.05) is 12.3 Å². The quantitative estimate of drug-likeness (QED) is 0.0762. The van der Waals surface area contributed by atoms with E-state index in [1.807, 2.05) is 0 Å². The summed E-state index contributed by atoms with van der Waals surface area (Å²) in [4.78, 5) is 92.2. The number of hydrogen-bond donors (Lipinski definition) is 6. The van der Waals surface area contributed by atoms with E-state index in [0.29, 0.717) is 0 Å². The van der Waals surface area contributed by atoms with Crippen LogP contribution in [0.25, 0.3) is 0 Å². The lowest BCUT2D eigenvalue weighted by Gasteiger charge is -2.30. The molecule has 2 aromatic rings. The van der Waals surface area contributed by atoms with Crippen LogP contribution in [-0.2, 0) is 38.4 Å². The number of anilines is 1. The Morgan fingerprint density at radius 2 is 1.93 bits per heavy atom. The van der Waals surface area contributed by atoms with Crippen LogP contribution >= 0.6 is 11.3 Å². The third-order valence-corrected chi connectivity index (χ3v) is 8.07. The average molecular weight is 665 g/mol. The Morgan fingerprint density at radius 1 is 1.24 bits per heavy atom. The van der Waals surface area contributed by atoms with Gasteiger partial charge in [-0.05, 0) is 20.8 Å². The van der Waals surface area contributed by atoms with Crippen molar-refractivity contribution in [3.05, 3.63) is 29.0 Å². The van der Waals surface area contributed by atoms with E-state index < -0.39 is 95.4 Å². The fourth-order valence-corrected chi connectivity index (χ4v) is 5.43. The van der Waals surface area contributed by atoms with Crippen molar-refractivity contribution in [2.45, 2.75) is 56.6 Å². The van der Waals surface area contributed by atoms with Crippen molar-refractivity contribution in [3.63, 3.8) is 0 Å². The highest BCUT2D eigenvalue weighted by Gasteiger charge is 2.67. The van der Waals surface area contributed by atoms with E-state index in [1.165, 1.54) is 26.2 Å². The first kappa shape index (κ1) is 31.8. The maximum Gasteiger partial charge on any atom is 0.499 e. The highest BCUT2D eigenvalue weighted by molar-refractivity contribution is 7.13. The van der Waals surface area contributed by atoms with Gasteiger partial charge in [0.1, 0.15) is 24.5 Å². The fourth-order valence-electron chi connectivity index (χ4n) is 4.88. The zero-order chi connectivity index (χ0) is 33.9.